The topological polar surface area (TPSA) is 127 Å². The van der Waals surface area contributed by atoms with E-state index in [9.17, 15) is 9.59 Å². The van der Waals surface area contributed by atoms with Crippen molar-refractivity contribution < 1.29 is 19.8 Å². The van der Waals surface area contributed by atoms with E-state index in [1.54, 1.807) is 50.2 Å². The van der Waals surface area contributed by atoms with E-state index < -0.39 is 23.8 Å². The minimum absolute atomic E-state index is 0.503. The van der Waals surface area contributed by atoms with Gasteiger partial charge in [-0.25, -0.2) is 0 Å². The fourth-order valence-corrected chi connectivity index (χ4v) is 4.39. The van der Waals surface area contributed by atoms with Gasteiger partial charge in [-0.3, -0.25) is 9.59 Å². The van der Waals surface area contributed by atoms with Gasteiger partial charge in [0.05, 0.1) is 11.8 Å². The molecule has 0 aliphatic rings. The molecule has 2 aromatic rings. The van der Waals surface area contributed by atoms with E-state index in [1.807, 2.05) is 0 Å². The van der Waals surface area contributed by atoms with Crippen LogP contribution in [0.2, 0.25) is 0 Å². The van der Waals surface area contributed by atoms with Crippen LogP contribution in [0.25, 0.3) is 0 Å². The number of carboxylic acids is 2. The van der Waals surface area contributed by atoms with Crippen molar-refractivity contribution in [3.8, 4) is 0 Å². The number of nitrogens with two attached hydrogens (primary N) is 2. The summed E-state index contributed by atoms with van der Waals surface area (Å²) in [4.78, 5) is 23.7. The monoisotopic (exact) mass is 392 g/mol. The molecule has 0 fully saturated rings. The number of hydrogen-bond donors (Lipinski definition) is 4. The maximum atomic E-state index is 11.1. The van der Waals surface area contributed by atoms with Gasteiger partial charge in [-0.1, -0.05) is 33.7 Å². The van der Waals surface area contributed by atoms with Crippen LogP contribution in [0.4, 0.5) is 11.4 Å². The maximum Gasteiger partial charge on any atom is 0.310 e. The van der Waals surface area contributed by atoms with Gasteiger partial charge in [-0.05, 0) is 49.2 Å². The van der Waals surface area contributed by atoms with Crippen molar-refractivity contribution in [2.45, 2.75) is 35.5 Å². The molecule has 0 aromatic heterocycles. The lowest BCUT2D eigenvalue weighted by Crippen LogP contribution is -2.08. The van der Waals surface area contributed by atoms with E-state index in [-0.39, 0.29) is 0 Å². The molecule has 6 nitrogen and oxygen atoms in total. The third-order valence-corrected chi connectivity index (χ3v) is 6.54. The van der Waals surface area contributed by atoms with Gasteiger partial charge in [0.2, 0.25) is 0 Å². The molecular formula is C18H20N2O4S2. The summed E-state index contributed by atoms with van der Waals surface area (Å²) in [7, 11) is 2.82. The predicted molar refractivity (Wildman–Crippen MR) is 106 cm³/mol. The number of nitrogen functional groups attached to an aromatic ring is 2. The average Bonchev–Trinajstić information content (AvgIpc) is 2.59. The largest absolute Gasteiger partial charge is 0.481 e. The van der Waals surface area contributed by atoms with Crippen LogP contribution < -0.4 is 11.5 Å². The Bertz CT molecular complexity index is 772. The third kappa shape index (κ3) is 4.64. The number of rotatable bonds is 7. The van der Waals surface area contributed by atoms with Crippen molar-refractivity contribution in [2.24, 2.45) is 0 Å². The number of benzene rings is 2. The first kappa shape index (κ1) is 20.0. The zero-order valence-electron chi connectivity index (χ0n) is 14.3. The van der Waals surface area contributed by atoms with Gasteiger partial charge in [0, 0.05) is 21.2 Å². The fourth-order valence-electron chi connectivity index (χ4n) is 2.20. The summed E-state index contributed by atoms with van der Waals surface area (Å²) in [5, 5.41) is 18.1. The Morgan fingerprint density at radius 1 is 0.808 bits per heavy atom. The first-order valence-electron chi connectivity index (χ1n) is 7.79. The van der Waals surface area contributed by atoms with Crippen molar-refractivity contribution in [1.29, 1.82) is 0 Å². The van der Waals surface area contributed by atoms with Crippen LogP contribution >= 0.6 is 21.6 Å². The summed E-state index contributed by atoms with van der Waals surface area (Å²) in [5.74, 6) is -3.04. The summed E-state index contributed by atoms with van der Waals surface area (Å²) in [6.07, 6.45) is 0. The zero-order valence-corrected chi connectivity index (χ0v) is 15.9. The molecule has 6 N–H and O–H groups in total. The van der Waals surface area contributed by atoms with Gasteiger partial charge < -0.3 is 21.7 Å². The predicted octanol–water partition coefficient (Wildman–Crippen LogP) is 4.03. The van der Waals surface area contributed by atoms with Crippen molar-refractivity contribution in [2.75, 3.05) is 11.5 Å². The number of aliphatic carboxylic acids is 2. The molecule has 8 heteroatoms. The van der Waals surface area contributed by atoms with Crippen LogP contribution in [0.5, 0.6) is 0 Å². The number of anilines is 2. The summed E-state index contributed by atoms with van der Waals surface area (Å²) in [6, 6.07) is 10.4. The molecule has 0 saturated carbocycles. The molecular weight excluding hydrogens is 372 g/mol. The SMILES string of the molecule is C[C@H](C(=O)O)c1ccc(SSc2ccc([C@@H](C)C(=O)O)cc2N)c(N)c1. The molecule has 0 bridgehead atoms. The fraction of sp³-hybridized carbons (Fsp3) is 0.222. The minimum atomic E-state index is -0.900. The molecule has 0 aliphatic heterocycles. The normalized spacial score (nSPS) is 13.2. The number of hydrogen-bond acceptors (Lipinski definition) is 6. The Morgan fingerprint density at radius 2 is 1.15 bits per heavy atom. The average molecular weight is 393 g/mol. The summed E-state index contributed by atoms with van der Waals surface area (Å²) >= 11 is 0. The van der Waals surface area contributed by atoms with Crippen LogP contribution in [0, 0.1) is 0 Å². The Balaban J connectivity index is 2.11. The van der Waals surface area contributed by atoms with Crippen LogP contribution in [0.3, 0.4) is 0 Å². The molecule has 0 heterocycles. The number of carboxylic acid groups (broad SMARTS) is 2. The molecule has 2 rings (SSSR count). The second-order valence-electron chi connectivity index (χ2n) is 5.88. The molecule has 0 unspecified atom stereocenters. The van der Waals surface area contributed by atoms with Gasteiger partial charge >= 0.3 is 11.9 Å². The highest BCUT2D eigenvalue weighted by Gasteiger charge is 2.16. The van der Waals surface area contributed by atoms with Gasteiger partial charge in [0.1, 0.15) is 0 Å². The van der Waals surface area contributed by atoms with Crippen molar-refractivity contribution in [3.05, 3.63) is 47.5 Å². The Hall–Kier alpha value is -2.32. The van der Waals surface area contributed by atoms with Crippen LogP contribution in [0.1, 0.15) is 36.8 Å². The van der Waals surface area contributed by atoms with Gasteiger partial charge in [0.25, 0.3) is 0 Å². The second kappa shape index (κ2) is 8.37. The molecule has 0 amide bonds. The van der Waals surface area contributed by atoms with Crippen molar-refractivity contribution in [3.63, 3.8) is 0 Å². The highest BCUT2D eigenvalue weighted by Crippen LogP contribution is 2.43. The highest BCUT2D eigenvalue weighted by atomic mass is 33.1. The second-order valence-corrected chi connectivity index (χ2v) is 8.09. The minimum Gasteiger partial charge on any atom is -0.481 e. The lowest BCUT2D eigenvalue weighted by atomic mass is 10.0. The maximum absolute atomic E-state index is 11.1. The van der Waals surface area contributed by atoms with Crippen LogP contribution in [-0.2, 0) is 9.59 Å². The van der Waals surface area contributed by atoms with E-state index in [1.165, 1.54) is 21.6 Å². The van der Waals surface area contributed by atoms with E-state index >= 15 is 0 Å². The summed E-state index contributed by atoms with van der Waals surface area (Å²) in [6.45, 7) is 3.22. The van der Waals surface area contributed by atoms with E-state index in [2.05, 4.69) is 0 Å². The molecule has 2 atom stereocenters. The first-order valence-corrected chi connectivity index (χ1v) is 9.94. The van der Waals surface area contributed by atoms with Gasteiger partial charge in [-0.2, -0.15) is 0 Å². The lowest BCUT2D eigenvalue weighted by Gasteiger charge is -2.12. The first-order chi connectivity index (χ1) is 12.2. The quantitative estimate of drug-likeness (QED) is 0.411. The standard InChI is InChI=1S/C18H20N2O4S2/c1-9(17(21)22)11-3-5-15(13(19)7-11)25-26-16-6-4-12(8-14(16)20)10(2)18(23)24/h3-10H,19-20H2,1-2H3,(H,21,22)(H,23,24)/t9-,10+. The van der Waals surface area contributed by atoms with E-state index in [4.69, 9.17) is 21.7 Å². The van der Waals surface area contributed by atoms with Crippen molar-refractivity contribution >= 4 is 44.9 Å². The molecule has 0 aliphatic carbocycles. The van der Waals surface area contributed by atoms with Crippen molar-refractivity contribution in [1.82, 2.24) is 0 Å². The molecule has 0 saturated heterocycles. The summed E-state index contributed by atoms with van der Waals surface area (Å²) in [5.41, 5.74) is 14.4. The molecule has 2 aromatic carbocycles. The van der Waals surface area contributed by atoms with Gasteiger partial charge in [0.15, 0.2) is 0 Å². The lowest BCUT2D eigenvalue weighted by molar-refractivity contribution is -0.139. The zero-order chi connectivity index (χ0) is 19.4. The summed E-state index contributed by atoms with van der Waals surface area (Å²) < 4.78 is 0. The third-order valence-electron chi connectivity index (χ3n) is 4.03. The van der Waals surface area contributed by atoms with Crippen LogP contribution in [0.15, 0.2) is 46.2 Å². The molecule has 26 heavy (non-hydrogen) atoms. The number of carbonyl (C=O) groups is 2. The Labute approximate surface area is 159 Å². The van der Waals surface area contributed by atoms with Gasteiger partial charge in [-0.15, -0.1) is 0 Å². The molecule has 0 radical (unpaired) electrons. The Morgan fingerprint density at radius 3 is 1.42 bits per heavy atom. The highest BCUT2D eigenvalue weighted by molar-refractivity contribution is 8.76. The Kier molecular flexibility index (Phi) is 6.44. The molecule has 138 valence electrons. The smallest absolute Gasteiger partial charge is 0.310 e. The molecule has 0 spiro atoms. The van der Waals surface area contributed by atoms with E-state index in [0.29, 0.717) is 22.5 Å². The van der Waals surface area contributed by atoms with E-state index in [0.717, 1.165) is 9.79 Å². The van der Waals surface area contributed by atoms with Crippen LogP contribution in [-0.4, -0.2) is 22.2 Å².